The highest BCUT2D eigenvalue weighted by molar-refractivity contribution is 5.82. The molecule has 0 atom stereocenters. The summed E-state index contributed by atoms with van der Waals surface area (Å²) < 4.78 is 11.3. The number of aryl methyl sites for hydroxylation is 1. The van der Waals surface area contributed by atoms with Gasteiger partial charge in [-0.3, -0.25) is 4.79 Å². The summed E-state index contributed by atoms with van der Waals surface area (Å²) in [6.45, 7) is 5.18. The number of fused-ring (bicyclic) bond motifs is 1. The third kappa shape index (κ3) is 2.51. The van der Waals surface area contributed by atoms with E-state index >= 15 is 0 Å². The molecule has 2 aromatic rings. The molecule has 1 aliphatic rings. The number of hydrogen-bond donors (Lipinski definition) is 2. The Morgan fingerprint density at radius 2 is 2.00 bits per heavy atom. The zero-order valence-electron chi connectivity index (χ0n) is 12.9. The Labute approximate surface area is 128 Å². The second-order valence-electron chi connectivity index (χ2n) is 5.78. The summed E-state index contributed by atoms with van der Waals surface area (Å²) >= 11 is 0. The summed E-state index contributed by atoms with van der Waals surface area (Å²) in [5, 5.41) is 12.8. The van der Waals surface area contributed by atoms with E-state index in [-0.39, 0.29) is 11.3 Å². The summed E-state index contributed by atoms with van der Waals surface area (Å²) in [6.07, 6.45) is 1.95. The fraction of sp³-hybridized carbons (Fsp3) is 0.471. The third-order valence-electron chi connectivity index (χ3n) is 4.45. The van der Waals surface area contributed by atoms with Crippen molar-refractivity contribution < 1.29 is 14.3 Å². The molecule has 1 fully saturated rings. The van der Waals surface area contributed by atoms with Crippen molar-refractivity contribution in [3.63, 3.8) is 0 Å². The summed E-state index contributed by atoms with van der Waals surface area (Å²) in [5.41, 5.74) is 2.04. The van der Waals surface area contributed by atoms with Gasteiger partial charge in [0.1, 0.15) is 17.1 Å². The van der Waals surface area contributed by atoms with Crippen LogP contribution in [0.3, 0.4) is 0 Å². The Balaban J connectivity index is 2.19. The van der Waals surface area contributed by atoms with E-state index in [1.807, 2.05) is 13.8 Å². The molecule has 0 spiro atoms. The molecule has 0 radical (unpaired) electrons. The molecule has 0 amide bonds. The first kappa shape index (κ1) is 15.1. The zero-order valence-corrected chi connectivity index (χ0v) is 12.9. The summed E-state index contributed by atoms with van der Waals surface area (Å²) in [6, 6.07) is 3.41. The van der Waals surface area contributed by atoms with E-state index in [4.69, 9.17) is 14.3 Å². The average Bonchev–Trinajstić information content (AvgIpc) is 2.54. The third-order valence-corrected chi connectivity index (χ3v) is 4.45. The lowest BCUT2D eigenvalue weighted by atomic mass is 9.92. The van der Waals surface area contributed by atoms with E-state index in [2.05, 4.69) is 5.32 Å². The molecule has 1 aromatic carbocycles. The van der Waals surface area contributed by atoms with Crippen molar-refractivity contribution in [3.05, 3.63) is 39.2 Å². The fourth-order valence-corrected chi connectivity index (χ4v) is 3.18. The number of benzene rings is 1. The maximum atomic E-state index is 12.6. The highest BCUT2D eigenvalue weighted by atomic mass is 16.6. The van der Waals surface area contributed by atoms with Crippen LogP contribution in [0.15, 0.2) is 21.3 Å². The van der Waals surface area contributed by atoms with Crippen LogP contribution in [-0.4, -0.2) is 25.0 Å². The van der Waals surface area contributed by atoms with Crippen molar-refractivity contribution >= 4 is 11.0 Å². The van der Waals surface area contributed by atoms with E-state index < -0.39 is 6.79 Å². The van der Waals surface area contributed by atoms with Crippen molar-refractivity contribution in [1.82, 2.24) is 5.32 Å². The maximum Gasteiger partial charge on any atom is 0.195 e. The molecule has 0 aliphatic carbocycles. The van der Waals surface area contributed by atoms with Crippen molar-refractivity contribution in [2.45, 2.75) is 32.6 Å². The highest BCUT2D eigenvalue weighted by Gasteiger charge is 2.23. The SMILES string of the molecule is Cc1c(C2CCNCC2)oc2c(C)c(OCO)ccc2c1=O. The smallest absolute Gasteiger partial charge is 0.195 e. The van der Waals surface area contributed by atoms with Gasteiger partial charge in [-0.15, -0.1) is 0 Å². The van der Waals surface area contributed by atoms with Gasteiger partial charge in [0.15, 0.2) is 12.2 Å². The van der Waals surface area contributed by atoms with Crippen LogP contribution in [0.5, 0.6) is 5.75 Å². The second-order valence-corrected chi connectivity index (χ2v) is 5.78. The number of rotatable bonds is 3. The van der Waals surface area contributed by atoms with Gasteiger partial charge in [-0.25, -0.2) is 0 Å². The standard InChI is InChI=1S/C17H21NO4/c1-10-14(21-9-19)4-3-13-15(20)11(2)16(22-17(10)13)12-5-7-18-8-6-12/h3-4,12,18-19H,5-9H2,1-2H3. The van der Waals surface area contributed by atoms with Gasteiger partial charge < -0.3 is 19.6 Å². The molecule has 1 aromatic heterocycles. The van der Waals surface area contributed by atoms with Gasteiger partial charge in [-0.2, -0.15) is 0 Å². The first-order valence-electron chi connectivity index (χ1n) is 7.64. The van der Waals surface area contributed by atoms with Gasteiger partial charge in [-0.1, -0.05) is 0 Å². The van der Waals surface area contributed by atoms with Crippen molar-refractivity contribution in [2.75, 3.05) is 19.9 Å². The van der Waals surface area contributed by atoms with Gasteiger partial charge in [0, 0.05) is 17.0 Å². The number of aliphatic hydroxyl groups is 1. The van der Waals surface area contributed by atoms with Gasteiger partial charge in [0.2, 0.25) is 0 Å². The lowest BCUT2D eigenvalue weighted by molar-refractivity contribution is 0.0979. The summed E-state index contributed by atoms with van der Waals surface area (Å²) in [5.74, 6) is 1.61. The van der Waals surface area contributed by atoms with Crippen LogP contribution in [0.1, 0.15) is 35.6 Å². The van der Waals surface area contributed by atoms with E-state index in [1.165, 1.54) is 0 Å². The monoisotopic (exact) mass is 303 g/mol. The quantitative estimate of drug-likeness (QED) is 0.851. The molecule has 0 unspecified atom stereocenters. The first-order chi connectivity index (χ1) is 10.6. The number of hydrogen-bond acceptors (Lipinski definition) is 5. The second kappa shape index (κ2) is 6.10. The molecule has 2 N–H and O–H groups in total. The minimum atomic E-state index is -0.399. The number of piperidine rings is 1. The van der Waals surface area contributed by atoms with Gasteiger partial charge in [0.05, 0.1) is 5.39 Å². The minimum absolute atomic E-state index is 0.0217. The summed E-state index contributed by atoms with van der Waals surface area (Å²) in [7, 11) is 0. The molecular weight excluding hydrogens is 282 g/mol. The van der Waals surface area contributed by atoms with Crippen LogP contribution >= 0.6 is 0 Å². The largest absolute Gasteiger partial charge is 0.467 e. The van der Waals surface area contributed by atoms with E-state index in [0.29, 0.717) is 22.3 Å². The Hall–Kier alpha value is -1.85. The molecule has 5 nitrogen and oxygen atoms in total. The van der Waals surface area contributed by atoms with Crippen LogP contribution in [0.2, 0.25) is 0 Å². The van der Waals surface area contributed by atoms with Crippen LogP contribution in [0.4, 0.5) is 0 Å². The number of aliphatic hydroxyl groups excluding tert-OH is 1. The molecule has 22 heavy (non-hydrogen) atoms. The fourth-order valence-electron chi connectivity index (χ4n) is 3.18. The Bertz CT molecular complexity index is 744. The van der Waals surface area contributed by atoms with Gasteiger partial charge in [0.25, 0.3) is 0 Å². The van der Waals surface area contributed by atoms with E-state index in [9.17, 15) is 4.79 Å². The van der Waals surface area contributed by atoms with Crippen LogP contribution in [-0.2, 0) is 0 Å². The molecule has 0 bridgehead atoms. The minimum Gasteiger partial charge on any atom is -0.467 e. The molecule has 118 valence electrons. The Kier molecular flexibility index (Phi) is 4.18. The molecule has 1 aliphatic heterocycles. The molecule has 3 rings (SSSR count). The van der Waals surface area contributed by atoms with Crippen LogP contribution in [0.25, 0.3) is 11.0 Å². The van der Waals surface area contributed by atoms with Crippen molar-refractivity contribution in [1.29, 1.82) is 0 Å². The molecule has 2 heterocycles. The topological polar surface area (TPSA) is 71.7 Å². The Morgan fingerprint density at radius 1 is 1.27 bits per heavy atom. The predicted molar refractivity (Wildman–Crippen MR) is 84.5 cm³/mol. The number of ether oxygens (including phenoxy) is 1. The van der Waals surface area contributed by atoms with Crippen LogP contribution < -0.4 is 15.5 Å². The first-order valence-corrected chi connectivity index (χ1v) is 7.64. The summed E-state index contributed by atoms with van der Waals surface area (Å²) in [4.78, 5) is 12.6. The molecule has 1 saturated heterocycles. The number of nitrogens with one attached hydrogen (secondary N) is 1. The molecule has 5 heteroatoms. The van der Waals surface area contributed by atoms with Crippen molar-refractivity contribution in [2.24, 2.45) is 0 Å². The lowest BCUT2D eigenvalue weighted by Crippen LogP contribution is -2.27. The van der Waals surface area contributed by atoms with Gasteiger partial charge >= 0.3 is 0 Å². The normalized spacial score (nSPS) is 16.1. The van der Waals surface area contributed by atoms with Crippen molar-refractivity contribution in [3.8, 4) is 5.75 Å². The lowest BCUT2D eigenvalue weighted by Gasteiger charge is -2.23. The molecule has 0 saturated carbocycles. The maximum absolute atomic E-state index is 12.6. The van der Waals surface area contributed by atoms with E-state index in [1.54, 1.807) is 12.1 Å². The van der Waals surface area contributed by atoms with Gasteiger partial charge in [-0.05, 0) is 51.9 Å². The highest BCUT2D eigenvalue weighted by Crippen LogP contribution is 2.32. The van der Waals surface area contributed by atoms with E-state index in [0.717, 1.165) is 37.3 Å². The molecular formula is C17H21NO4. The average molecular weight is 303 g/mol. The Morgan fingerprint density at radius 3 is 2.68 bits per heavy atom. The zero-order chi connectivity index (χ0) is 15.7. The van der Waals surface area contributed by atoms with Crippen LogP contribution in [0, 0.1) is 13.8 Å². The predicted octanol–water partition coefficient (Wildman–Crippen LogP) is 2.21.